The molecule has 6 heteroatoms. The molecule has 0 N–H and O–H groups in total. The van der Waals surface area contributed by atoms with E-state index in [2.05, 4.69) is 0 Å². The lowest BCUT2D eigenvalue weighted by molar-refractivity contribution is 0.578. The van der Waals surface area contributed by atoms with E-state index in [1.807, 2.05) is 0 Å². The van der Waals surface area contributed by atoms with Gasteiger partial charge in [-0.2, -0.15) is 0 Å². The third kappa shape index (κ3) is 3.14. The molecule has 0 aliphatic heterocycles. The summed E-state index contributed by atoms with van der Waals surface area (Å²) in [7, 11) is -3.84. The summed E-state index contributed by atoms with van der Waals surface area (Å²) in [6.45, 7) is 0. The summed E-state index contributed by atoms with van der Waals surface area (Å²) < 4.78 is 63.0. The third-order valence-corrected chi connectivity index (χ3v) is 4.21. The quantitative estimate of drug-likeness (QED) is 0.813. The Kier molecular flexibility index (Phi) is 3.61. The van der Waals surface area contributed by atoms with Crippen LogP contribution in [-0.2, 0) is 15.6 Å². The molecule has 2 rings (SSSR count). The minimum Gasteiger partial charge on any atom is -0.223 e. The van der Waals surface area contributed by atoms with Gasteiger partial charge in [0.05, 0.1) is 10.6 Å². The molecule has 0 aliphatic rings. The van der Waals surface area contributed by atoms with Crippen molar-refractivity contribution in [3.8, 4) is 0 Å². The molecule has 0 aliphatic carbocycles. The molecule has 2 aromatic carbocycles. The fraction of sp³-hybridized carbons (Fsp3) is 0.0769. The van der Waals surface area contributed by atoms with Crippen molar-refractivity contribution >= 4 is 9.84 Å². The molecule has 19 heavy (non-hydrogen) atoms. The van der Waals surface area contributed by atoms with Crippen molar-refractivity contribution in [2.75, 3.05) is 0 Å². The second-order valence-corrected chi connectivity index (χ2v) is 5.94. The molecule has 100 valence electrons. The first-order chi connectivity index (χ1) is 8.88. The SMILES string of the molecule is O=S(=O)(Cc1cc(F)ccc1F)c1ccc(F)cc1. The van der Waals surface area contributed by atoms with Crippen LogP contribution in [0.25, 0.3) is 0 Å². The van der Waals surface area contributed by atoms with Crippen molar-refractivity contribution in [3.05, 3.63) is 65.5 Å². The van der Waals surface area contributed by atoms with E-state index in [4.69, 9.17) is 0 Å². The summed E-state index contributed by atoms with van der Waals surface area (Å²) in [5.74, 6) is -2.77. The third-order valence-electron chi connectivity index (χ3n) is 2.53. The average Bonchev–Trinajstić information content (AvgIpc) is 2.34. The Labute approximate surface area is 108 Å². The second kappa shape index (κ2) is 5.05. The van der Waals surface area contributed by atoms with Gasteiger partial charge in [-0.1, -0.05) is 0 Å². The summed E-state index contributed by atoms with van der Waals surface area (Å²) in [5.41, 5.74) is -0.260. The van der Waals surface area contributed by atoms with Gasteiger partial charge in [-0.05, 0) is 42.5 Å². The zero-order valence-corrected chi connectivity index (χ0v) is 10.4. The van der Waals surface area contributed by atoms with E-state index >= 15 is 0 Å². The Morgan fingerprint density at radius 1 is 0.842 bits per heavy atom. The first kappa shape index (κ1) is 13.6. The fourth-order valence-corrected chi connectivity index (χ4v) is 2.93. The molecule has 0 saturated carbocycles. The average molecular weight is 286 g/mol. The van der Waals surface area contributed by atoms with Crippen LogP contribution in [0.4, 0.5) is 13.2 Å². The van der Waals surface area contributed by atoms with Gasteiger partial charge >= 0.3 is 0 Å². The minimum atomic E-state index is -3.84. The Morgan fingerprint density at radius 3 is 2.05 bits per heavy atom. The largest absolute Gasteiger partial charge is 0.223 e. The van der Waals surface area contributed by atoms with Crippen molar-refractivity contribution in [2.24, 2.45) is 0 Å². The van der Waals surface area contributed by atoms with E-state index < -0.39 is 33.0 Å². The smallest absolute Gasteiger partial charge is 0.182 e. The molecular formula is C13H9F3O2S. The summed E-state index contributed by atoms with van der Waals surface area (Å²) in [4.78, 5) is -0.141. The van der Waals surface area contributed by atoms with E-state index in [0.717, 1.165) is 42.5 Å². The van der Waals surface area contributed by atoms with Crippen LogP contribution < -0.4 is 0 Å². The second-order valence-electron chi connectivity index (χ2n) is 3.95. The van der Waals surface area contributed by atoms with Crippen LogP contribution >= 0.6 is 0 Å². The number of hydrogen-bond acceptors (Lipinski definition) is 2. The maximum Gasteiger partial charge on any atom is 0.182 e. The Hall–Kier alpha value is -1.82. The Bertz CT molecular complexity index is 694. The molecule has 0 spiro atoms. The molecule has 2 aromatic rings. The summed E-state index contributed by atoms with van der Waals surface area (Å²) >= 11 is 0. The van der Waals surface area contributed by atoms with Crippen LogP contribution in [0.15, 0.2) is 47.4 Å². The van der Waals surface area contributed by atoms with Crippen LogP contribution in [0.3, 0.4) is 0 Å². The fourth-order valence-electron chi connectivity index (χ4n) is 1.58. The summed E-state index contributed by atoms with van der Waals surface area (Å²) in [6.07, 6.45) is 0. The monoisotopic (exact) mass is 286 g/mol. The molecule has 0 saturated heterocycles. The van der Waals surface area contributed by atoms with Crippen molar-refractivity contribution in [1.29, 1.82) is 0 Å². The summed E-state index contributed by atoms with van der Waals surface area (Å²) in [6, 6.07) is 6.76. The van der Waals surface area contributed by atoms with E-state index in [0.29, 0.717) is 0 Å². The molecule has 2 nitrogen and oxygen atoms in total. The van der Waals surface area contributed by atoms with Gasteiger partial charge in [0.15, 0.2) is 9.84 Å². The lowest BCUT2D eigenvalue weighted by Crippen LogP contribution is -2.07. The molecule has 0 fully saturated rings. The van der Waals surface area contributed by atoms with Gasteiger partial charge < -0.3 is 0 Å². The van der Waals surface area contributed by atoms with Crippen LogP contribution in [0.2, 0.25) is 0 Å². The van der Waals surface area contributed by atoms with E-state index in [1.165, 1.54) is 0 Å². The molecule has 0 radical (unpaired) electrons. The van der Waals surface area contributed by atoms with Gasteiger partial charge in [0, 0.05) is 5.56 Å². The predicted octanol–water partition coefficient (Wildman–Crippen LogP) is 3.08. The maximum atomic E-state index is 13.4. The molecule has 0 heterocycles. The number of hydrogen-bond donors (Lipinski definition) is 0. The van der Waals surface area contributed by atoms with Gasteiger partial charge in [0.1, 0.15) is 17.5 Å². The number of halogens is 3. The maximum absolute atomic E-state index is 13.4. The highest BCUT2D eigenvalue weighted by atomic mass is 32.2. The molecular weight excluding hydrogens is 277 g/mol. The van der Waals surface area contributed by atoms with Crippen molar-refractivity contribution in [2.45, 2.75) is 10.6 Å². The van der Waals surface area contributed by atoms with E-state index in [-0.39, 0.29) is 10.5 Å². The van der Waals surface area contributed by atoms with Crippen LogP contribution in [0.5, 0.6) is 0 Å². The lowest BCUT2D eigenvalue weighted by Gasteiger charge is -2.06. The normalized spacial score (nSPS) is 11.5. The van der Waals surface area contributed by atoms with Crippen LogP contribution in [0.1, 0.15) is 5.56 Å². The highest BCUT2D eigenvalue weighted by molar-refractivity contribution is 7.90. The Balaban J connectivity index is 2.36. The highest BCUT2D eigenvalue weighted by Gasteiger charge is 2.18. The van der Waals surface area contributed by atoms with Gasteiger partial charge in [-0.25, -0.2) is 21.6 Å². The molecule has 0 aromatic heterocycles. The van der Waals surface area contributed by atoms with Gasteiger partial charge in [-0.3, -0.25) is 0 Å². The first-order valence-electron chi connectivity index (χ1n) is 5.31. The predicted molar refractivity (Wildman–Crippen MR) is 63.6 cm³/mol. The first-order valence-corrected chi connectivity index (χ1v) is 6.96. The van der Waals surface area contributed by atoms with E-state index in [1.54, 1.807) is 0 Å². The number of rotatable bonds is 3. The van der Waals surface area contributed by atoms with Crippen molar-refractivity contribution in [1.82, 2.24) is 0 Å². The Morgan fingerprint density at radius 2 is 1.42 bits per heavy atom. The van der Waals surface area contributed by atoms with Gasteiger partial charge in [-0.15, -0.1) is 0 Å². The zero-order valence-electron chi connectivity index (χ0n) is 9.61. The molecule has 0 atom stereocenters. The van der Waals surface area contributed by atoms with Crippen molar-refractivity contribution < 1.29 is 21.6 Å². The molecule has 0 unspecified atom stereocenters. The molecule has 0 bridgehead atoms. The number of sulfone groups is 1. The topological polar surface area (TPSA) is 34.1 Å². The standard InChI is InChI=1S/C13H9F3O2S/c14-10-1-4-12(5-2-10)19(17,18)8-9-7-11(15)3-6-13(9)16/h1-7H,8H2. The van der Waals surface area contributed by atoms with Crippen LogP contribution in [-0.4, -0.2) is 8.42 Å². The van der Waals surface area contributed by atoms with Gasteiger partial charge in [0.25, 0.3) is 0 Å². The van der Waals surface area contributed by atoms with E-state index in [9.17, 15) is 21.6 Å². The highest BCUT2D eigenvalue weighted by Crippen LogP contribution is 2.19. The minimum absolute atomic E-state index is 0.141. The van der Waals surface area contributed by atoms with Crippen LogP contribution in [0, 0.1) is 17.5 Å². The molecule has 0 amide bonds. The van der Waals surface area contributed by atoms with Gasteiger partial charge in [0.2, 0.25) is 0 Å². The lowest BCUT2D eigenvalue weighted by atomic mass is 10.2. The summed E-state index contributed by atoms with van der Waals surface area (Å²) in [5, 5.41) is 0. The zero-order chi connectivity index (χ0) is 14.0. The van der Waals surface area contributed by atoms with Crippen molar-refractivity contribution in [3.63, 3.8) is 0 Å². The number of benzene rings is 2.